The highest BCUT2D eigenvalue weighted by Crippen LogP contribution is 2.18. The molecule has 27 heavy (non-hydrogen) atoms. The number of hydrogen-bond donors (Lipinski definition) is 1. The third-order valence-corrected chi connectivity index (χ3v) is 5.38. The van der Waals surface area contributed by atoms with Gasteiger partial charge >= 0.3 is 0 Å². The maximum Gasteiger partial charge on any atom is 0.274 e. The van der Waals surface area contributed by atoms with E-state index in [2.05, 4.69) is 21.2 Å². The number of anilines is 1. The third-order valence-electron chi connectivity index (χ3n) is 4.69. The van der Waals surface area contributed by atoms with Crippen molar-refractivity contribution in [2.24, 2.45) is 7.05 Å². The predicted molar refractivity (Wildman–Crippen MR) is 108 cm³/mol. The highest BCUT2D eigenvalue weighted by Gasteiger charge is 2.20. The second kappa shape index (κ2) is 8.52. The van der Waals surface area contributed by atoms with Crippen molar-refractivity contribution in [2.45, 2.75) is 25.7 Å². The van der Waals surface area contributed by atoms with Gasteiger partial charge in [0.2, 0.25) is 0 Å². The highest BCUT2D eigenvalue weighted by molar-refractivity contribution is 9.10. The van der Waals surface area contributed by atoms with Crippen LogP contribution in [0.25, 0.3) is 0 Å². The average Bonchev–Trinajstić information content (AvgIpc) is 2.94. The molecule has 0 atom stereocenters. The van der Waals surface area contributed by atoms with Crippen molar-refractivity contribution in [1.29, 1.82) is 0 Å². The highest BCUT2D eigenvalue weighted by atomic mass is 79.9. The molecule has 0 bridgehead atoms. The van der Waals surface area contributed by atoms with Crippen molar-refractivity contribution in [3.63, 3.8) is 0 Å². The number of amides is 2. The topological polar surface area (TPSA) is 71.4 Å². The Morgan fingerprint density at radius 1 is 1.07 bits per heavy atom. The second-order valence-corrected chi connectivity index (χ2v) is 7.55. The Labute approximate surface area is 166 Å². The predicted octanol–water partition coefficient (Wildman–Crippen LogP) is 3.42. The minimum atomic E-state index is -0.404. The molecule has 2 amide bonds. The molecule has 7 heteroatoms. The first-order chi connectivity index (χ1) is 13.0. The molecule has 1 saturated heterocycles. The Morgan fingerprint density at radius 2 is 1.74 bits per heavy atom. The van der Waals surface area contributed by atoms with E-state index in [0.717, 1.165) is 38.8 Å². The first-order valence-electron chi connectivity index (χ1n) is 9.03. The summed E-state index contributed by atoms with van der Waals surface area (Å²) in [6.07, 6.45) is 5.77. The second-order valence-electron chi connectivity index (χ2n) is 6.70. The number of aryl methyl sites for hydroxylation is 1. The fourth-order valence-electron chi connectivity index (χ4n) is 3.21. The number of carbonyl (C=O) groups is 2. The standard InChI is InChI=1S/C20H22BrN3O3/c1-23-13-14(19(26)24-10-6-2-3-7-11-24)12-17(20(23)27)22-18(25)15-8-4-5-9-16(15)21/h4-5,8-9,12-13H,2-3,6-7,10-11H2,1H3,(H,22,25). The van der Waals surface area contributed by atoms with Gasteiger partial charge in [-0.15, -0.1) is 0 Å². The Balaban J connectivity index is 1.88. The maximum absolute atomic E-state index is 12.9. The fraction of sp³-hybridized carbons (Fsp3) is 0.350. The van der Waals surface area contributed by atoms with Crippen LogP contribution in [0.4, 0.5) is 5.69 Å². The van der Waals surface area contributed by atoms with Crippen molar-refractivity contribution in [3.8, 4) is 0 Å². The summed E-state index contributed by atoms with van der Waals surface area (Å²) in [6.45, 7) is 1.45. The zero-order chi connectivity index (χ0) is 19.4. The van der Waals surface area contributed by atoms with Crippen LogP contribution in [-0.4, -0.2) is 34.4 Å². The fourth-order valence-corrected chi connectivity index (χ4v) is 3.67. The lowest BCUT2D eigenvalue weighted by Gasteiger charge is -2.21. The zero-order valence-corrected chi connectivity index (χ0v) is 16.8. The maximum atomic E-state index is 12.9. The van der Waals surface area contributed by atoms with Gasteiger partial charge in [0.05, 0.1) is 11.1 Å². The molecule has 0 saturated carbocycles. The molecule has 0 unspecified atom stereocenters. The first kappa shape index (κ1) is 19.4. The van der Waals surface area contributed by atoms with Gasteiger partial charge in [-0.05, 0) is 47.0 Å². The van der Waals surface area contributed by atoms with Gasteiger partial charge in [-0.2, -0.15) is 0 Å². The SMILES string of the molecule is Cn1cc(C(=O)N2CCCCCC2)cc(NC(=O)c2ccccc2Br)c1=O. The lowest BCUT2D eigenvalue weighted by molar-refractivity contribution is 0.0760. The van der Waals surface area contributed by atoms with Crippen molar-refractivity contribution in [3.05, 3.63) is 62.5 Å². The van der Waals surface area contributed by atoms with Crippen LogP contribution >= 0.6 is 15.9 Å². The molecular formula is C20H22BrN3O3. The summed E-state index contributed by atoms with van der Waals surface area (Å²) in [4.78, 5) is 39.7. The molecule has 0 aliphatic carbocycles. The van der Waals surface area contributed by atoms with E-state index in [-0.39, 0.29) is 17.2 Å². The van der Waals surface area contributed by atoms with E-state index in [0.29, 0.717) is 15.6 Å². The minimum Gasteiger partial charge on any atom is -0.339 e. The van der Waals surface area contributed by atoms with E-state index in [1.54, 1.807) is 31.3 Å². The molecule has 1 aliphatic heterocycles. The van der Waals surface area contributed by atoms with Crippen molar-refractivity contribution in [2.75, 3.05) is 18.4 Å². The van der Waals surface area contributed by atoms with Crippen LogP contribution < -0.4 is 10.9 Å². The summed E-state index contributed by atoms with van der Waals surface area (Å²) in [7, 11) is 1.58. The van der Waals surface area contributed by atoms with E-state index in [1.165, 1.54) is 16.8 Å². The van der Waals surface area contributed by atoms with E-state index < -0.39 is 5.91 Å². The summed E-state index contributed by atoms with van der Waals surface area (Å²) >= 11 is 3.34. The van der Waals surface area contributed by atoms with Crippen molar-refractivity contribution >= 4 is 33.4 Å². The van der Waals surface area contributed by atoms with E-state index >= 15 is 0 Å². The number of likely N-dealkylation sites (tertiary alicyclic amines) is 1. The number of aromatic nitrogens is 1. The molecule has 6 nitrogen and oxygen atoms in total. The van der Waals surface area contributed by atoms with Crippen molar-refractivity contribution < 1.29 is 9.59 Å². The Bertz CT molecular complexity index is 915. The largest absolute Gasteiger partial charge is 0.339 e. The van der Waals surface area contributed by atoms with Crippen LogP contribution in [0.15, 0.2) is 45.8 Å². The van der Waals surface area contributed by atoms with Crippen LogP contribution in [0, 0.1) is 0 Å². The molecule has 1 aromatic carbocycles. The molecule has 2 aromatic rings. The van der Waals surface area contributed by atoms with Gasteiger partial charge in [0.25, 0.3) is 17.4 Å². The summed E-state index contributed by atoms with van der Waals surface area (Å²) in [6, 6.07) is 8.45. The number of benzene rings is 1. The summed E-state index contributed by atoms with van der Waals surface area (Å²) < 4.78 is 1.97. The molecule has 1 N–H and O–H groups in total. The average molecular weight is 432 g/mol. The van der Waals surface area contributed by atoms with Gasteiger partial charge in [0, 0.05) is 30.8 Å². The van der Waals surface area contributed by atoms with Gasteiger partial charge in [-0.3, -0.25) is 14.4 Å². The van der Waals surface area contributed by atoms with Crippen LogP contribution in [-0.2, 0) is 7.05 Å². The van der Waals surface area contributed by atoms with Crippen molar-refractivity contribution in [1.82, 2.24) is 9.47 Å². The molecule has 1 fully saturated rings. The van der Waals surface area contributed by atoms with E-state index in [1.807, 2.05) is 4.90 Å². The molecule has 2 heterocycles. The van der Waals surface area contributed by atoms with Gasteiger partial charge < -0.3 is 14.8 Å². The number of nitrogens with one attached hydrogen (secondary N) is 1. The van der Waals surface area contributed by atoms with E-state index in [9.17, 15) is 14.4 Å². The zero-order valence-electron chi connectivity index (χ0n) is 15.2. The first-order valence-corrected chi connectivity index (χ1v) is 9.82. The normalized spacial score (nSPS) is 14.5. The van der Waals surface area contributed by atoms with Crippen LogP contribution in [0.1, 0.15) is 46.4 Å². The third kappa shape index (κ3) is 4.47. The Hall–Kier alpha value is -2.41. The minimum absolute atomic E-state index is 0.0962. The number of rotatable bonds is 3. The quantitative estimate of drug-likeness (QED) is 0.808. The number of pyridine rings is 1. The monoisotopic (exact) mass is 431 g/mol. The van der Waals surface area contributed by atoms with Gasteiger partial charge in [-0.25, -0.2) is 0 Å². The molecule has 142 valence electrons. The smallest absolute Gasteiger partial charge is 0.274 e. The van der Waals surface area contributed by atoms with Crippen LogP contribution in [0.3, 0.4) is 0 Å². The Kier molecular flexibility index (Phi) is 6.11. The number of carbonyl (C=O) groups excluding carboxylic acids is 2. The van der Waals surface area contributed by atoms with Gasteiger partial charge in [0.1, 0.15) is 5.69 Å². The molecular weight excluding hydrogens is 410 g/mol. The molecule has 0 spiro atoms. The van der Waals surface area contributed by atoms with Crippen LogP contribution in [0.5, 0.6) is 0 Å². The molecule has 1 aromatic heterocycles. The lowest BCUT2D eigenvalue weighted by atomic mass is 10.2. The number of nitrogens with zero attached hydrogens (tertiary/aromatic N) is 2. The summed E-state index contributed by atoms with van der Waals surface area (Å²) in [5.41, 5.74) is 0.562. The summed E-state index contributed by atoms with van der Waals surface area (Å²) in [5.74, 6) is -0.511. The summed E-state index contributed by atoms with van der Waals surface area (Å²) in [5, 5.41) is 2.65. The van der Waals surface area contributed by atoms with E-state index in [4.69, 9.17) is 0 Å². The number of hydrogen-bond acceptors (Lipinski definition) is 3. The molecule has 1 aliphatic rings. The van der Waals surface area contributed by atoms with Gasteiger partial charge in [-0.1, -0.05) is 25.0 Å². The molecule has 3 rings (SSSR count). The van der Waals surface area contributed by atoms with Gasteiger partial charge in [0.15, 0.2) is 0 Å². The Morgan fingerprint density at radius 3 is 2.41 bits per heavy atom. The van der Waals surface area contributed by atoms with Crippen LogP contribution in [0.2, 0.25) is 0 Å². The molecule has 0 radical (unpaired) electrons. The lowest BCUT2D eigenvalue weighted by Crippen LogP contribution is -2.33. The number of halogens is 1.